The summed E-state index contributed by atoms with van der Waals surface area (Å²) in [5.41, 5.74) is 1.33. The Bertz CT molecular complexity index is 811. The number of anilines is 1. The molecule has 174 valence electrons. The molecule has 1 aliphatic heterocycles. The van der Waals surface area contributed by atoms with Crippen LogP contribution < -0.4 is 20.9 Å². The van der Waals surface area contributed by atoms with Crippen LogP contribution in [-0.4, -0.2) is 49.2 Å². The zero-order valence-corrected chi connectivity index (χ0v) is 20.1. The molecule has 0 spiro atoms. The Morgan fingerprint density at radius 3 is 2.38 bits per heavy atom. The second-order valence-electron chi connectivity index (χ2n) is 8.78. The summed E-state index contributed by atoms with van der Waals surface area (Å²) in [6.07, 6.45) is 6.12. The molecule has 6 nitrogen and oxygen atoms in total. The summed E-state index contributed by atoms with van der Waals surface area (Å²) >= 11 is 0. The molecule has 0 bridgehead atoms. The van der Waals surface area contributed by atoms with Gasteiger partial charge in [-0.15, -0.1) is 0 Å². The average Bonchev–Trinajstić information content (AvgIpc) is 2.87. The van der Waals surface area contributed by atoms with Gasteiger partial charge in [-0.2, -0.15) is 0 Å². The summed E-state index contributed by atoms with van der Waals surface area (Å²) in [5.74, 6) is 1.96. The predicted molar refractivity (Wildman–Crippen MR) is 135 cm³/mol. The third kappa shape index (κ3) is 6.45. The minimum absolute atomic E-state index is 0.00915. The van der Waals surface area contributed by atoms with Crippen molar-refractivity contribution in [2.24, 2.45) is 4.99 Å². The number of nitrogens with zero attached hydrogens (tertiary/aromatic N) is 3. The van der Waals surface area contributed by atoms with Crippen molar-refractivity contribution in [3.8, 4) is 0 Å². The first-order valence-electron chi connectivity index (χ1n) is 12.0. The van der Waals surface area contributed by atoms with Crippen LogP contribution in [0.4, 0.5) is 5.82 Å². The highest BCUT2D eigenvalue weighted by Crippen LogP contribution is 2.22. The summed E-state index contributed by atoms with van der Waals surface area (Å²) in [6, 6.07) is 17.5. The lowest BCUT2D eigenvalue weighted by Gasteiger charge is -2.38. The van der Waals surface area contributed by atoms with E-state index >= 15 is 0 Å². The number of benzene rings is 1. The number of aliphatic imine (C=N–C) groups is 1. The van der Waals surface area contributed by atoms with Crippen LogP contribution >= 0.6 is 0 Å². The van der Waals surface area contributed by atoms with Crippen LogP contribution in [0.2, 0.25) is 0 Å². The van der Waals surface area contributed by atoms with Crippen LogP contribution in [0.25, 0.3) is 0 Å². The maximum absolute atomic E-state index is 4.51. The standard InChI is InChI=1S/C26H40N6/c1-5-26(6-2,31-21(3)22-12-8-7-9-13-22)20-29-25(27-4)30-23-15-18-32(19-16-23)24-14-10-11-17-28-24/h7-14,17,21,23,31H,5-6,15-16,18-20H2,1-4H3,(H2,27,29,30). The van der Waals surface area contributed by atoms with E-state index in [9.17, 15) is 0 Å². The maximum atomic E-state index is 4.51. The molecule has 6 heteroatoms. The summed E-state index contributed by atoms with van der Waals surface area (Å²) in [7, 11) is 1.86. The number of guanidine groups is 1. The number of aromatic nitrogens is 1. The van der Waals surface area contributed by atoms with Crippen molar-refractivity contribution < 1.29 is 0 Å². The molecular formula is C26H40N6. The highest BCUT2D eigenvalue weighted by Gasteiger charge is 2.29. The van der Waals surface area contributed by atoms with Gasteiger partial charge >= 0.3 is 0 Å². The lowest BCUT2D eigenvalue weighted by atomic mass is 9.90. The Labute approximate surface area is 193 Å². The van der Waals surface area contributed by atoms with Crippen molar-refractivity contribution >= 4 is 11.8 Å². The van der Waals surface area contributed by atoms with E-state index in [0.29, 0.717) is 12.1 Å². The van der Waals surface area contributed by atoms with Gasteiger partial charge in [0.15, 0.2) is 5.96 Å². The van der Waals surface area contributed by atoms with E-state index in [2.05, 4.69) is 94.1 Å². The normalized spacial score (nSPS) is 16.6. The van der Waals surface area contributed by atoms with Crippen molar-refractivity contribution in [3.05, 3.63) is 60.3 Å². The summed E-state index contributed by atoms with van der Waals surface area (Å²) in [5, 5.41) is 11.2. The minimum Gasteiger partial charge on any atom is -0.356 e. The fraction of sp³-hybridized carbons (Fsp3) is 0.538. The predicted octanol–water partition coefficient (Wildman–Crippen LogP) is 4.13. The molecule has 1 fully saturated rings. The van der Waals surface area contributed by atoms with Crippen LogP contribution in [0, 0.1) is 0 Å². The molecule has 0 aliphatic carbocycles. The highest BCUT2D eigenvalue weighted by molar-refractivity contribution is 5.80. The molecule has 0 amide bonds. The molecule has 1 unspecified atom stereocenters. The number of nitrogens with one attached hydrogen (secondary N) is 3. The Kier molecular flexibility index (Phi) is 8.91. The van der Waals surface area contributed by atoms with Crippen molar-refractivity contribution in [2.75, 3.05) is 31.6 Å². The molecule has 1 atom stereocenters. The van der Waals surface area contributed by atoms with Gasteiger partial charge in [-0.05, 0) is 50.3 Å². The lowest BCUT2D eigenvalue weighted by molar-refractivity contribution is 0.270. The second-order valence-corrected chi connectivity index (χ2v) is 8.78. The molecule has 2 aromatic rings. The zero-order chi connectivity index (χ0) is 22.8. The van der Waals surface area contributed by atoms with Gasteiger partial charge in [0, 0.05) is 50.5 Å². The smallest absolute Gasteiger partial charge is 0.191 e. The Balaban J connectivity index is 1.52. The maximum Gasteiger partial charge on any atom is 0.191 e. The van der Waals surface area contributed by atoms with Crippen LogP contribution in [-0.2, 0) is 0 Å². The highest BCUT2D eigenvalue weighted by atomic mass is 15.2. The van der Waals surface area contributed by atoms with Crippen molar-refractivity contribution in [1.29, 1.82) is 0 Å². The number of piperidine rings is 1. The van der Waals surface area contributed by atoms with Crippen LogP contribution in [0.5, 0.6) is 0 Å². The van der Waals surface area contributed by atoms with Crippen LogP contribution in [0.3, 0.4) is 0 Å². The molecule has 3 N–H and O–H groups in total. The Hall–Kier alpha value is -2.60. The molecule has 1 saturated heterocycles. The third-order valence-corrected chi connectivity index (χ3v) is 6.80. The molecule has 1 aromatic carbocycles. The molecule has 0 radical (unpaired) electrons. The molecule has 32 heavy (non-hydrogen) atoms. The summed E-state index contributed by atoms with van der Waals surface area (Å²) < 4.78 is 0. The first-order chi connectivity index (χ1) is 15.6. The van der Waals surface area contributed by atoms with E-state index in [-0.39, 0.29) is 5.54 Å². The largest absolute Gasteiger partial charge is 0.356 e. The number of hydrogen-bond acceptors (Lipinski definition) is 4. The van der Waals surface area contributed by atoms with Crippen molar-refractivity contribution in [3.63, 3.8) is 0 Å². The van der Waals surface area contributed by atoms with Gasteiger partial charge in [-0.3, -0.25) is 4.99 Å². The van der Waals surface area contributed by atoms with Gasteiger partial charge in [0.2, 0.25) is 0 Å². The topological polar surface area (TPSA) is 64.6 Å². The van der Waals surface area contributed by atoms with E-state index < -0.39 is 0 Å². The fourth-order valence-electron chi connectivity index (χ4n) is 4.47. The van der Waals surface area contributed by atoms with Crippen molar-refractivity contribution in [2.45, 2.75) is 64.1 Å². The van der Waals surface area contributed by atoms with Crippen molar-refractivity contribution in [1.82, 2.24) is 20.9 Å². The number of hydrogen-bond donors (Lipinski definition) is 3. The molecule has 1 aromatic heterocycles. The third-order valence-electron chi connectivity index (χ3n) is 6.80. The van der Waals surface area contributed by atoms with Gasteiger partial charge in [0.05, 0.1) is 0 Å². The first-order valence-corrected chi connectivity index (χ1v) is 12.0. The minimum atomic E-state index is 0.00915. The molecular weight excluding hydrogens is 396 g/mol. The summed E-state index contributed by atoms with van der Waals surface area (Å²) in [4.78, 5) is 11.4. The molecule has 1 aliphatic rings. The number of pyridine rings is 1. The van der Waals surface area contributed by atoms with Gasteiger partial charge in [-0.1, -0.05) is 50.2 Å². The van der Waals surface area contributed by atoms with Gasteiger partial charge in [0.1, 0.15) is 5.82 Å². The fourth-order valence-corrected chi connectivity index (χ4v) is 4.47. The summed E-state index contributed by atoms with van der Waals surface area (Å²) in [6.45, 7) is 9.63. The quantitative estimate of drug-likeness (QED) is 0.408. The molecule has 2 heterocycles. The average molecular weight is 437 g/mol. The SMILES string of the molecule is CCC(CC)(CNC(=NC)NC1CCN(c2ccccn2)CC1)NC(C)c1ccccc1. The van der Waals surface area contributed by atoms with E-state index in [1.807, 2.05) is 19.3 Å². The van der Waals surface area contributed by atoms with E-state index in [1.165, 1.54) is 5.56 Å². The molecule has 0 saturated carbocycles. The second kappa shape index (κ2) is 11.9. The Morgan fingerprint density at radius 2 is 1.78 bits per heavy atom. The van der Waals surface area contributed by atoms with Crippen LogP contribution in [0.1, 0.15) is 58.1 Å². The van der Waals surface area contributed by atoms with E-state index in [4.69, 9.17) is 0 Å². The molecule has 3 rings (SSSR count). The number of rotatable bonds is 9. The van der Waals surface area contributed by atoms with E-state index in [1.54, 1.807) is 0 Å². The van der Waals surface area contributed by atoms with Crippen LogP contribution in [0.15, 0.2) is 59.7 Å². The first kappa shape index (κ1) is 24.1. The monoisotopic (exact) mass is 436 g/mol. The zero-order valence-electron chi connectivity index (χ0n) is 20.1. The Morgan fingerprint density at radius 1 is 1.09 bits per heavy atom. The van der Waals surface area contributed by atoms with Gasteiger partial charge in [-0.25, -0.2) is 4.98 Å². The van der Waals surface area contributed by atoms with Gasteiger partial charge < -0.3 is 20.9 Å². The van der Waals surface area contributed by atoms with Gasteiger partial charge in [0.25, 0.3) is 0 Å². The van der Waals surface area contributed by atoms with E-state index in [0.717, 1.165) is 57.1 Å². The lowest BCUT2D eigenvalue weighted by Crippen LogP contribution is -2.56.